The standard InChI is InChI=1S/C33H48N4O2SSi/c1-32(2,3)37-31(20-29(35-37)24-12-16-28(19-24)39-41(8,9)33(4,5)6)34-26-13-17-30-25(18-26)22-36(40-30)21-23-10-14-27(38-7)15-11-23/h10-11,13-15,17-18,20,24,28,34H,12,16,19,21-22H2,1-9H3/t24-,28+/m0/s1. The zero-order valence-corrected chi connectivity index (χ0v) is 28.2. The fourth-order valence-electron chi connectivity index (χ4n) is 5.51. The van der Waals surface area contributed by atoms with Crippen LogP contribution in [0, 0.1) is 0 Å². The first-order valence-electron chi connectivity index (χ1n) is 15.0. The predicted octanol–water partition coefficient (Wildman–Crippen LogP) is 9.07. The number of methoxy groups -OCH3 is 1. The van der Waals surface area contributed by atoms with E-state index in [1.54, 1.807) is 7.11 Å². The normalized spacial score (nSPS) is 19.9. The summed E-state index contributed by atoms with van der Waals surface area (Å²) in [6.45, 7) is 20.2. The van der Waals surface area contributed by atoms with Crippen LogP contribution in [0.3, 0.4) is 0 Å². The quantitative estimate of drug-likeness (QED) is 0.208. The smallest absolute Gasteiger partial charge is 0.192 e. The van der Waals surface area contributed by atoms with Gasteiger partial charge in [-0.15, -0.1) is 0 Å². The van der Waals surface area contributed by atoms with Crippen molar-refractivity contribution >= 4 is 31.8 Å². The summed E-state index contributed by atoms with van der Waals surface area (Å²) in [5.41, 5.74) is 4.81. The maximum atomic E-state index is 6.79. The zero-order valence-electron chi connectivity index (χ0n) is 26.4. The van der Waals surface area contributed by atoms with E-state index < -0.39 is 8.32 Å². The van der Waals surface area contributed by atoms with E-state index in [1.165, 1.54) is 21.7 Å². The summed E-state index contributed by atoms with van der Waals surface area (Å²) >= 11 is 1.84. The Morgan fingerprint density at radius 1 is 1.00 bits per heavy atom. The van der Waals surface area contributed by atoms with Gasteiger partial charge in [0.2, 0.25) is 0 Å². The van der Waals surface area contributed by atoms with Gasteiger partial charge in [0.25, 0.3) is 0 Å². The van der Waals surface area contributed by atoms with Gasteiger partial charge in [-0.1, -0.05) is 32.9 Å². The van der Waals surface area contributed by atoms with Gasteiger partial charge in [-0.3, -0.25) is 0 Å². The molecule has 0 saturated heterocycles. The van der Waals surface area contributed by atoms with E-state index in [4.69, 9.17) is 14.3 Å². The van der Waals surface area contributed by atoms with Gasteiger partial charge in [0.15, 0.2) is 8.32 Å². The molecule has 6 nitrogen and oxygen atoms in total. The highest BCUT2D eigenvalue weighted by molar-refractivity contribution is 7.97. The predicted molar refractivity (Wildman–Crippen MR) is 174 cm³/mol. The number of nitrogens with zero attached hydrogens (tertiary/aromatic N) is 3. The van der Waals surface area contributed by atoms with Crippen molar-refractivity contribution in [2.24, 2.45) is 0 Å². The largest absolute Gasteiger partial charge is 0.497 e. The van der Waals surface area contributed by atoms with Crippen LogP contribution in [0.2, 0.25) is 18.1 Å². The highest BCUT2D eigenvalue weighted by atomic mass is 32.2. The molecule has 0 bridgehead atoms. The van der Waals surface area contributed by atoms with E-state index in [0.29, 0.717) is 12.0 Å². The van der Waals surface area contributed by atoms with Gasteiger partial charge in [-0.2, -0.15) is 5.10 Å². The fraction of sp³-hybridized carbons (Fsp3) is 0.545. The molecule has 3 aromatic rings. The number of aromatic nitrogens is 2. The number of rotatable bonds is 8. The summed E-state index contributed by atoms with van der Waals surface area (Å²) in [6, 6.07) is 17.4. The molecule has 0 radical (unpaired) electrons. The first-order chi connectivity index (χ1) is 19.2. The van der Waals surface area contributed by atoms with Gasteiger partial charge in [0.1, 0.15) is 11.6 Å². The SMILES string of the molecule is COc1ccc(CN2Cc3cc(Nc4cc([C@H]5CC[C@@H](O[Si](C)(C)C(C)(C)C)C5)nn4C(C)(C)C)ccc3S2)cc1. The zero-order chi connectivity index (χ0) is 29.6. The van der Waals surface area contributed by atoms with E-state index in [-0.39, 0.29) is 10.6 Å². The van der Waals surface area contributed by atoms with Crippen molar-refractivity contribution in [3.63, 3.8) is 0 Å². The van der Waals surface area contributed by atoms with Crippen molar-refractivity contribution in [3.8, 4) is 5.75 Å². The molecular weight excluding hydrogens is 545 g/mol. The van der Waals surface area contributed by atoms with E-state index in [2.05, 4.69) is 105 Å². The van der Waals surface area contributed by atoms with Crippen molar-refractivity contribution in [1.29, 1.82) is 0 Å². The first kappa shape index (κ1) is 30.2. The molecule has 5 rings (SSSR count). The Kier molecular flexibility index (Phi) is 8.42. The molecule has 2 aliphatic rings. The fourth-order valence-corrected chi connectivity index (χ4v) is 7.98. The summed E-state index contributed by atoms with van der Waals surface area (Å²) in [4.78, 5) is 1.33. The van der Waals surface area contributed by atoms with E-state index in [1.807, 2.05) is 24.1 Å². The van der Waals surface area contributed by atoms with Gasteiger partial charge < -0.3 is 14.5 Å². The van der Waals surface area contributed by atoms with Gasteiger partial charge >= 0.3 is 0 Å². The number of anilines is 2. The third kappa shape index (κ3) is 6.87. The second-order valence-corrected chi connectivity index (χ2v) is 20.1. The molecule has 0 unspecified atom stereocenters. The summed E-state index contributed by atoms with van der Waals surface area (Å²) < 4.78 is 16.7. The molecule has 0 spiro atoms. The van der Waals surface area contributed by atoms with Crippen LogP contribution in [-0.2, 0) is 23.1 Å². The van der Waals surface area contributed by atoms with Gasteiger partial charge in [-0.25, -0.2) is 8.99 Å². The lowest BCUT2D eigenvalue weighted by atomic mass is 10.0. The van der Waals surface area contributed by atoms with Gasteiger partial charge in [-0.05, 0) is 112 Å². The number of nitrogens with one attached hydrogen (secondary N) is 1. The molecule has 1 aliphatic carbocycles. The number of hydrogen-bond donors (Lipinski definition) is 1. The number of ether oxygens (including phenoxy) is 1. The minimum Gasteiger partial charge on any atom is -0.497 e. The third-order valence-electron chi connectivity index (χ3n) is 8.86. The first-order valence-corrected chi connectivity index (χ1v) is 18.6. The molecule has 1 aromatic heterocycles. The van der Waals surface area contributed by atoms with E-state index in [9.17, 15) is 0 Å². The topological polar surface area (TPSA) is 51.6 Å². The molecule has 1 N–H and O–H groups in total. The average Bonchev–Trinajstić information content (AvgIpc) is 3.61. The van der Waals surface area contributed by atoms with Crippen LogP contribution in [0.5, 0.6) is 5.75 Å². The Labute approximate surface area is 252 Å². The lowest BCUT2D eigenvalue weighted by Crippen LogP contribution is -2.43. The molecule has 1 saturated carbocycles. The molecule has 2 heterocycles. The van der Waals surface area contributed by atoms with Crippen LogP contribution < -0.4 is 10.1 Å². The molecule has 41 heavy (non-hydrogen) atoms. The molecule has 222 valence electrons. The highest BCUT2D eigenvalue weighted by Crippen LogP contribution is 2.44. The summed E-state index contributed by atoms with van der Waals surface area (Å²) in [5, 5.41) is 9.14. The van der Waals surface area contributed by atoms with Crippen LogP contribution in [0.4, 0.5) is 11.5 Å². The molecule has 0 amide bonds. The maximum absolute atomic E-state index is 6.79. The number of benzene rings is 2. The van der Waals surface area contributed by atoms with Gasteiger partial charge in [0.05, 0.1) is 18.3 Å². The minimum atomic E-state index is -1.78. The summed E-state index contributed by atoms with van der Waals surface area (Å²) in [7, 11) is -0.0680. The van der Waals surface area contributed by atoms with Crippen LogP contribution in [-0.4, -0.2) is 35.6 Å². The van der Waals surface area contributed by atoms with Crippen molar-refractivity contribution in [1.82, 2.24) is 14.1 Å². The minimum absolute atomic E-state index is 0.127. The molecule has 2 aromatic carbocycles. The second kappa shape index (κ2) is 11.4. The Morgan fingerprint density at radius 2 is 1.73 bits per heavy atom. The average molecular weight is 593 g/mol. The summed E-state index contributed by atoms with van der Waals surface area (Å²) in [5.74, 6) is 2.39. The van der Waals surface area contributed by atoms with E-state index >= 15 is 0 Å². The van der Waals surface area contributed by atoms with Crippen LogP contribution in [0.1, 0.15) is 83.5 Å². The molecular formula is C33H48N4O2SSi. The lowest BCUT2D eigenvalue weighted by molar-refractivity contribution is 0.186. The molecule has 8 heteroatoms. The highest BCUT2D eigenvalue weighted by Gasteiger charge is 2.41. The van der Waals surface area contributed by atoms with Crippen molar-refractivity contribution in [2.45, 2.75) is 114 Å². The van der Waals surface area contributed by atoms with Crippen molar-refractivity contribution in [3.05, 3.63) is 65.4 Å². The number of fused-ring (bicyclic) bond motifs is 1. The third-order valence-corrected chi connectivity index (χ3v) is 14.5. The van der Waals surface area contributed by atoms with Crippen molar-refractivity contribution < 1.29 is 9.16 Å². The Bertz CT molecular complexity index is 1360. The molecule has 2 atom stereocenters. The molecule has 1 aliphatic heterocycles. The van der Waals surface area contributed by atoms with Gasteiger partial charge in [0, 0.05) is 41.8 Å². The van der Waals surface area contributed by atoms with Crippen LogP contribution in [0.25, 0.3) is 0 Å². The Hall–Kier alpha value is -2.26. The lowest BCUT2D eigenvalue weighted by Gasteiger charge is -2.38. The van der Waals surface area contributed by atoms with E-state index in [0.717, 1.165) is 49.6 Å². The maximum Gasteiger partial charge on any atom is 0.192 e. The van der Waals surface area contributed by atoms with Crippen LogP contribution in [0.15, 0.2) is 53.4 Å². The Morgan fingerprint density at radius 3 is 2.39 bits per heavy atom. The Balaban J connectivity index is 1.28. The number of hydrogen-bond acceptors (Lipinski definition) is 6. The van der Waals surface area contributed by atoms with Crippen LogP contribution >= 0.6 is 11.9 Å². The second-order valence-electron chi connectivity index (χ2n) is 14.2. The van der Waals surface area contributed by atoms with Crippen molar-refractivity contribution in [2.75, 3.05) is 12.4 Å². The monoisotopic (exact) mass is 592 g/mol. The molecule has 1 fully saturated rings. The summed E-state index contributed by atoms with van der Waals surface area (Å²) in [6.07, 6.45) is 3.66.